The van der Waals surface area contributed by atoms with Crippen molar-refractivity contribution in [3.63, 3.8) is 0 Å². The van der Waals surface area contributed by atoms with Crippen LogP contribution in [0.25, 0.3) is 10.8 Å². The van der Waals surface area contributed by atoms with E-state index < -0.39 is 12.3 Å². The molecule has 0 aliphatic carbocycles. The molecule has 0 radical (unpaired) electrons. The second kappa shape index (κ2) is 6.90. The third kappa shape index (κ3) is 4.33. The molecule has 0 saturated carbocycles. The minimum Gasteiger partial charge on any atom is -0.465 e. The summed E-state index contributed by atoms with van der Waals surface area (Å²) in [7, 11) is 0. The maximum absolute atomic E-state index is 11.2. The second-order valence-corrected chi connectivity index (χ2v) is 4.79. The van der Waals surface area contributed by atoms with Crippen LogP contribution in [-0.2, 0) is 9.53 Å². The van der Waals surface area contributed by atoms with Gasteiger partial charge in [0.25, 0.3) is 0 Å². The van der Waals surface area contributed by atoms with E-state index >= 15 is 0 Å². The van der Waals surface area contributed by atoms with Crippen molar-refractivity contribution in [2.45, 2.75) is 19.6 Å². The Hall–Kier alpha value is -2.33. The van der Waals surface area contributed by atoms with Gasteiger partial charge in [0.2, 0.25) is 6.29 Å². The van der Waals surface area contributed by atoms with Crippen LogP contribution < -0.4 is 4.74 Å². The van der Waals surface area contributed by atoms with Gasteiger partial charge in [0.15, 0.2) is 0 Å². The van der Waals surface area contributed by atoms with E-state index in [0.717, 1.165) is 10.8 Å². The number of hydrogen-bond acceptors (Lipinski definition) is 4. The topological polar surface area (TPSA) is 55.8 Å². The Morgan fingerprint density at radius 1 is 1.24 bits per heavy atom. The van der Waals surface area contributed by atoms with Crippen LogP contribution in [0.5, 0.6) is 5.75 Å². The summed E-state index contributed by atoms with van der Waals surface area (Å²) in [5.41, 5.74) is 0.333. The van der Waals surface area contributed by atoms with E-state index in [0.29, 0.717) is 11.3 Å². The fourth-order valence-electron chi connectivity index (χ4n) is 1.83. The smallest absolute Gasteiger partial charge is 0.333 e. The summed E-state index contributed by atoms with van der Waals surface area (Å²) in [6.07, 6.45) is -0.824. The fourth-order valence-corrected chi connectivity index (χ4v) is 1.83. The summed E-state index contributed by atoms with van der Waals surface area (Å²) in [6, 6.07) is 13.5. The maximum Gasteiger partial charge on any atom is 0.333 e. The summed E-state index contributed by atoms with van der Waals surface area (Å²) in [5.74, 6) is 0.111. The van der Waals surface area contributed by atoms with Crippen molar-refractivity contribution in [1.29, 1.82) is 0 Å². The van der Waals surface area contributed by atoms with Crippen molar-refractivity contribution < 1.29 is 19.4 Å². The lowest BCUT2D eigenvalue weighted by molar-refractivity contribution is -0.140. The molecule has 21 heavy (non-hydrogen) atoms. The number of hydrogen-bond donors (Lipinski definition) is 1. The zero-order valence-corrected chi connectivity index (χ0v) is 11.9. The Balaban J connectivity index is 1.87. The SMILES string of the molecule is C=C(C)C(=O)OCCC(O)Oc1ccc2ccccc2c1. The zero-order valence-electron chi connectivity index (χ0n) is 11.9. The molecule has 2 aromatic carbocycles. The van der Waals surface area contributed by atoms with Gasteiger partial charge < -0.3 is 14.6 Å². The Labute approximate surface area is 123 Å². The number of carbonyl (C=O) groups excluding carboxylic acids is 1. The summed E-state index contributed by atoms with van der Waals surface area (Å²) in [4.78, 5) is 11.2. The Morgan fingerprint density at radius 2 is 1.95 bits per heavy atom. The van der Waals surface area contributed by atoms with Gasteiger partial charge in [-0.3, -0.25) is 0 Å². The Kier molecular flexibility index (Phi) is 4.95. The number of rotatable bonds is 6. The third-order valence-electron chi connectivity index (χ3n) is 2.94. The molecule has 1 N–H and O–H groups in total. The van der Waals surface area contributed by atoms with Crippen molar-refractivity contribution in [2.24, 2.45) is 0 Å². The standard InChI is InChI=1S/C17H18O4/c1-12(2)17(19)20-10-9-16(18)21-15-8-7-13-5-3-4-6-14(13)11-15/h3-8,11,16,18H,1,9-10H2,2H3. The molecule has 0 aliphatic heterocycles. The molecule has 2 rings (SSSR count). The van der Waals surface area contributed by atoms with E-state index in [-0.39, 0.29) is 13.0 Å². The lowest BCUT2D eigenvalue weighted by Crippen LogP contribution is -2.19. The Bertz CT molecular complexity index is 648. The van der Waals surface area contributed by atoms with Crippen LogP contribution in [0.1, 0.15) is 13.3 Å². The number of ether oxygens (including phenoxy) is 2. The lowest BCUT2D eigenvalue weighted by atomic mass is 10.1. The molecule has 0 heterocycles. The van der Waals surface area contributed by atoms with Crippen LogP contribution in [0.3, 0.4) is 0 Å². The van der Waals surface area contributed by atoms with E-state index in [1.54, 1.807) is 13.0 Å². The molecule has 0 fully saturated rings. The highest BCUT2D eigenvalue weighted by Crippen LogP contribution is 2.21. The highest BCUT2D eigenvalue weighted by Gasteiger charge is 2.09. The molecule has 1 unspecified atom stereocenters. The predicted molar refractivity (Wildman–Crippen MR) is 81.0 cm³/mol. The molecule has 2 aromatic rings. The minimum atomic E-state index is -1.02. The van der Waals surface area contributed by atoms with Crippen molar-refractivity contribution in [3.8, 4) is 5.75 Å². The number of esters is 1. The molecular weight excluding hydrogens is 268 g/mol. The van der Waals surface area contributed by atoms with Gasteiger partial charge in [-0.15, -0.1) is 0 Å². The second-order valence-electron chi connectivity index (χ2n) is 4.79. The van der Waals surface area contributed by atoms with Crippen molar-refractivity contribution in [1.82, 2.24) is 0 Å². The molecule has 4 nitrogen and oxygen atoms in total. The largest absolute Gasteiger partial charge is 0.465 e. The molecular formula is C17H18O4. The van der Waals surface area contributed by atoms with E-state index in [1.807, 2.05) is 36.4 Å². The molecule has 1 atom stereocenters. The molecule has 110 valence electrons. The summed E-state index contributed by atoms with van der Waals surface area (Å²) >= 11 is 0. The molecule has 0 amide bonds. The number of benzene rings is 2. The summed E-state index contributed by atoms with van der Waals surface area (Å²) < 4.78 is 10.3. The van der Waals surface area contributed by atoms with Gasteiger partial charge in [0.1, 0.15) is 5.75 Å². The third-order valence-corrected chi connectivity index (χ3v) is 2.94. The first-order valence-electron chi connectivity index (χ1n) is 6.72. The Morgan fingerprint density at radius 3 is 2.67 bits per heavy atom. The van der Waals surface area contributed by atoms with Crippen LogP contribution in [0.15, 0.2) is 54.6 Å². The zero-order chi connectivity index (χ0) is 15.2. The van der Waals surface area contributed by atoms with Gasteiger partial charge in [-0.25, -0.2) is 4.79 Å². The molecule has 0 aliphatic rings. The van der Waals surface area contributed by atoms with Crippen LogP contribution in [0.2, 0.25) is 0 Å². The van der Waals surface area contributed by atoms with E-state index in [2.05, 4.69) is 6.58 Å². The normalized spacial score (nSPS) is 11.9. The number of aliphatic hydroxyl groups excluding tert-OH is 1. The highest BCUT2D eigenvalue weighted by molar-refractivity contribution is 5.86. The molecule has 0 saturated heterocycles. The van der Waals surface area contributed by atoms with Crippen molar-refractivity contribution >= 4 is 16.7 Å². The monoisotopic (exact) mass is 286 g/mol. The lowest BCUT2D eigenvalue weighted by Gasteiger charge is -2.14. The van der Waals surface area contributed by atoms with Gasteiger partial charge >= 0.3 is 5.97 Å². The van der Waals surface area contributed by atoms with Gasteiger partial charge in [-0.2, -0.15) is 0 Å². The molecule has 0 spiro atoms. The quantitative estimate of drug-likeness (QED) is 0.504. The van der Waals surface area contributed by atoms with Gasteiger partial charge in [-0.05, 0) is 29.8 Å². The van der Waals surface area contributed by atoms with Crippen molar-refractivity contribution in [3.05, 3.63) is 54.6 Å². The predicted octanol–water partition coefficient (Wildman–Crippen LogP) is 3.05. The highest BCUT2D eigenvalue weighted by atomic mass is 16.6. The van der Waals surface area contributed by atoms with Crippen LogP contribution in [-0.4, -0.2) is 24.0 Å². The first-order valence-corrected chi connectivity index (χ1v) is 6.72. The van der Waals surface area contributed by atoms with Crippen LogP contribution >= 0.6 is 0 Å². The number of carbonyl (C=O) groups is 1. The van der Waals surface area contributed by atoms with Gasteiger partial charge in [-0.1, -0.05) is 36.9 Å². The van der Waals surface area contributed by atoms with Crippen LogP contribution in [0.4, 0.5) is 0 Å². The average molecular weight is 286 g/mol. The van der Waals surface area contributed by atoms with Crippen molar-refractivity contribution in [2.75, 3.05) is 6.61 Å². The maximum atomic E-state index is 11.2. The van der Waals surface area contributed by atoms with E-state index in [1.165, 1.54) is 0 Å². The number of fused-ring (bicyclic) bond motifs is 1. The average Bonchev–Trinajstić information content (AvgIpc) is 2.46. The van der Waals surface area contributed by atoms with Gasteiger partial charge in [0, 0.05) is 12.0 Å². The molecule has 0 aromatic heterocycles. The first kappa shape index (κ1) is 15.1. The fraction of sp³-hybridized carbons (Fsp3) is 0.235. The van der Waals surface area contributed by atoms with E-state index in [9.17, 15) is 9.90 Å². The van der Waals surface area contributed by atoms with Gasteiger partial charge in [0.05, 0.1) is 6.61 Å². The number of aliphatic hydroxyl groups is 1. The molecule has 0 bridgehead atoms. The summed E-state index contributed by atoms with van der Waals surface area (Å²) in [5, 5.41) is 11.9. The van der Waals surface area contributed by atoms with Crippen LogP contribution in [0, 0.1) is 0 Å². The first-order chi connectivity index (χ1) is 10.1. The summed E-state index contributed by atoms with van der Waals surface area (Å²) in [6.45, 7) is 5.14. The minimum absolute atomic E-state index is 0.0838. The molecule has 4 heteroatoms. The van der Waals surface area contributed by atoms with E-state index in [4.69, 9.17) is 9.47 Å².